The highest BCUT2D eigenvalue weighted by Crippen LogP contribution is 2.21. The van der Waals surface area contributed by atoms with E-state index >= 15 is 0 Å². The number of nitrogens with two attached hydrogens (primary N) is 1. The van der Waals surface area contributed by atoms with E-state index in [-0.39, 0.29) is 5.16 Å². The van der Waals surface area contributed by atoms with Gasteiger partial charge in [-0.2, -0.15) is 0 Å². The summed E-state index contributed by atoms with van der Waals surface area (Å²) in [4.78, 5) is 0. The molecule has 18 heavy (non-hydrogen) atoms. The van der Waals surface area contributed by atoms with Crippen molar-refractivity contribution >= 4 is 32.6 Å². The zero-order chi connectivity index (χ0) is 13.3. The number of nitrogens with zero attached hydrogens (tertiary/aromatic N) is 3. The number of benzene rings is 1. The topological polar surface area (TPSA) is 90.9 Å². The maximum atomic E-state index is 11.4. The Morgan fingerprint density at radius 2 is 2.11 bits per heavy atom. The minimum atomic E-state index is -3.86. The van der Waals surface area contributed by atoms with Crippen molar-refractivity contribution in [3.8, 4) is 11.4 Å². The van der Waals surface area contributed by atoms with Crippen LogP contribution in [0.2, 0.25) is 0 Å². The van der Waals surface area contributed by atoms with E-state index < -0.39 is 10.0 Å². The van der Waals surface area contributed by atoms with Crippen LogP contribution in [0.15, 0.2) is 29.4 Å². The fraction of sp³-hybridized carbons (Fsp3) is 0.200. The van der Waals surface area contributed by atoms with Gasteiger partial charge in [-0.15, -0.1) is 10.2 Å². The lowest BCUT2D eigenvalue weighted by Crippen LogP contribution is -2.18. The first-order chi connectivity index (χ1) is 8.43. The molecule has 1 heterocycles. The van der Waals surface area contributed by atoms with Crippen LogP contribution in [0.1, 0.15) is 6.92 Å². The van der Waals surface area contributed by atoms with Crippen LogP contribution >= 0.6 is 22.6 Å². The third-order valence-corrected chi connectivity index (χ3v) is 3.85. The summed E-state index contributed by atoms with van der Waals surface area (Å²) < 4.78 is 25.3. The number of aromatic nitrogens is 3. The largest absolute Gasteiger partial charge is 0.297 e. The normalized spacial score (nSPS) is 11.7. The van der Waals surface area contributed by atoms with Crippen molar-refractivity contribution in [3.63, 3.8) is 0 Å². The molecule has 2 N–H and O–H groups in total. The Morgan fingerprint density at radius 3 is 2.67 bits per heavy atom. The van der Waals surface area contributed by atoms with Gasteiger partial charge in [0.15, 0.2) is 5.82 Å². The molecule has 0 aliphatic heterocycles. The van der Waals surface area contributed by atoms with Gasteiger partial charge in [0.25, 0.3) is 15.2 Å². The number of primary sulfonamides is 1. The van der Waals surface area contributed by atoms with E-state index in [4.69, 9.17) is 5.14 Å². The van der Waals surface area contributed by atoms with E-state index in [1.165, 1.54) is 4.57 Å². The molecule has 0 saturated carbocycles. The second kappa shape index (κ2) is 4.94. The molecule has 0 aliphatic carbocycles. The summed E-state index contributed by atoms with van der Waals surface area (Å²) >= 11 is 2.18. The van der Waals surface area contributed by atoms with Crippen molar-refractivity contribution in [3.05, 3.63) is 27.8 Å². The van der Waals surface area contributed by atoms with Crippen molar-refractivity contribution in [1.82, 2.24) is 14.8 Å². The molecule has 0 spiro atoms. The average Bonchev–Trinajstić information content (AvgIpc) is 2.72. The van der Waals surface area contributed by atoms with Gasteiger partial charge in [0, 0.05) is 15.7 Å². The van der Waals surface area contributed by atoms with Gasteiger partial charge in [-0.05, 0) is 41.6 Å². The summed E-state index contributed by atoms with van der Waals surface area (Å²) in [6.07, 6.45) is 0. The third kappa shape index (κ3) is 2.54. The molecule has 2 aromatic rings. The number of hydrogen-bond donors (Lipinski definition) is 1. The predicted molar refractivity (Wildman–Crippen MR) is 75.2 cm³/mol. The minimum absolute atomic E-state index is 0.209. The van der Waals surface area contributed by atoms with Crippen LogP contribution in [0.3, 0.4) is 0 Å². The van der Waals surface area contributed by atoms with Crippen LogP contribution in [0, 0.1) is 3.57 Å². The molecule has 1 aromatic carbocycles. The Balaban J connectivity index is 2.63. The van der Waals surface area contributed by atoms with Gasteiger partial charge in [-0.3, -0.25) is 4.57 Å². The number of hydrogen-bond acceptors (Lipinski definition) is 4. The number of rotatable bonds is 3. The lowest BCUT2D eigenvalue weighted by atomic mass is 10.2. The molecule has 0 unspecified atom stereocenters. The van der Waals surface area contributed by atoms with E-state index in [0.717, 1.165) is 9.13 Å². The molecule has 6 nitrogen and oxygen atoms in total. The molecular formula is C10H11IN4O2S. The predicted octanol–water partition coefficient (Wildman–Crippen LogP) is 1.22. The van der Waals surface area contributed by atoms with E-state index in [1.54, 1.807) is 0 Å². The van der Waals surface area contributed by atoms with Crippen molar-refractivity contribution in [2.45, 2.75) is 18.6 Å². The van der Waals surface area contributed by atoms with Gasteiger partial charge in [-0.1, -0.05) is 12.1 Å². The summed E-state index contributed by atoms with van der Waals surface area (Å²) in [7, 11) is -3.86. The van der Waals surface area contributed by atoms with Gasteiger partial charge < -0.3 is 0 Å². The fourth-order valence-electron chi connectivity index (χ4n) is 1.63. The maximum Gasteiger partial charge on any atom is 0.273 e. The third-order valence-electron chi connectivity index (χ3n) is 2.37. The van der Waals surface area contributed by atoms with Crippen LogP contribution < -0.4 is 5.14 Å². The van der Waals surface area contributed by atoms with Gasteiger partial charge in [0.1, 0.15) is 0 Å². The SMILES string of the molecule is CCn1c(-c2cccc(I)c2)nnc1S(N)(=O)=O. The van der Waals surface area contributed by atoms with Crippen LogP contribution in [0.4, 0.5) is 0 Å². The molecular weight excluding hydrogens is 367 g/mol. The first-order valence-electron chi connectivity index (χ1n) is 5.15. The molecule has 0 radical (unpaired) electrons. The Morgan fingerprint density at radius 1 is 1.39 bits per heavy atom. The summed E-state index contributed by atoms with van der Waals surface area (Å²) in [5.74, 6) is 0.500. The lowest BCUT2D eigenvalue weighted by Gasteiger charge is -2.06. The smallest absolute Gasteiger partial charge is 0.273 e. The molecule has 0 saturated heterocycles. The Hall–Kier alpha value is -1.00. The minimum Gasteiger partial charge on any atom is -0.297 e. The highest BCUT2D eigenvalue weighted by atomic mass is 127. The van der Waals surface area contributed by atoms with Crippen LogP contribution in [-0.2, 0) is 16.6 Å². The van der Waals surface area contributed by atoms with E-state index in [1.807, 2.05) is 31.2 Å². The first kappa shape index (κ1) is 13.4. The Kier molecular flexibility index (Phi) is 3.69. The molecule has 0 atom stereocenters. The Labute approximate surface area is 118 Å². The summed E-state index contributed by atoms with van der Waals surface area (Å²) in [6, 6.07) is 7.58. The van der Waals surface area contributed by atoms with Crippen LogP contribution in [0.25, 0.3) is 11.4 Å². The molecule has 0 amide bonds. The Bertz CT molecular complexity index is 681. The zero-order valence-corrected chi connectivity index (χ0v) is 12.5. The van der Waals surface area contributed by atoms with Crippen molar-refractivity contribution < 1.29 is 8.42 Å². The van der Waals surface area contributed by atoms with Gasteiger partial charge in [0.05, 0.1) is 0 Å². The standard InChI is InChI=1S/C10H11IN4O2S/c1-2-15-9(7-4-3-5-8(11)6-7)13-14-10(15)18(12,16)17/h3-6H,2H2,1H3,(H2,12,16,17). The first-order valence-corrected chi connectivity index (χ1v) is 7.78. The van der Waals surface area contributed by atoms with Crippen molar-refractivity contribution in [2.24, 2.45) is 5.14 Å². The highest BCUT2D eigenvalue weighted by molar-refractivity contribution is 14.1. The van der Waals surface area contributed by atoms with Crippen molar-refractivity contribution in [1.29, 1.82) is 0 Å². The number of halogens is 1. The second-order valence-corrected chi connectivity index (χ2v) is 6.31. The molecule has 8 heteroatoms. The molecule has 0 bridgehead atoms. The summed E-state index contributed by atoms with van der Waals surface area (Å²) in [5, 5.41) is 12.5. The summed E-state index contributed by atoms with van der Waals surface area (Å²) in [6.45, 7) is 2.25. The molecule has 2 rings (SSSR count). The molecule has 0 fully saturated rings. The van der Waals surface area contributed by atoms with Gasteiger partial charge in [0.2, 0.25) is 0 Å². The molecule has 1 aromatic heterocycles. The van der Waals surface area contributed by atoms with E-state index in [0.29, 0.717) is 12.4 Å². The fourth-order valence-corrected chi connectivity index (χ4v) is 2.85. The van der Waals surface area contributed by atoms with Crippen LogP contribution in [-0.4, -0.2) is 23.2 Å². The number of sulfonamides is 1. The van der Waals surface area contributed by atoms with Gasteiger partial charge >= 0.3 is 0 Å². The average molecular weight is 378 g/mol. The quantitative estimate of drug-likeness (QED) is 0.814. The van der Waals surface area contributed by atoms with Gasteiger partial charge in [-0.25, -0.2) is 13.6 Å². The van der Waals surface area contributed by atoms with E-state index in [9.17, 15) is 8.42 Å². The maximum absolute atomic E-state index is 11.4. The van der Waals surface area contributed by atoms with Crippen molar-refractivity contribution in [2.75, 3.05) is 0 Å². The monoisotopic (exact) mass is 378 g/mol. The highest BCUT2D eigenvalue weighted by Gasteiger charge is 2.20. The summed E-state index contributed by atoms with van der Waals surface area (Å²) in [5.41, 5.74) is 0.811. The molecule has 0 aliphatic rings. The van der Waals surface area contributed by atoms with E-state index in [2.05, 4.69) is 32.8 Å². The van der Waals surface area contributed by atoms with Crippen LogP contribution in [0.5, 0.6) is 0 Å². The molecule has 96 valence electrons. The second-order valence-electron chi connectivity index (χ2n) is 3.61. The lowest BCUT2D eigenvalue weighted by molar-refractivity contribution is 0.571. The zero-order valence-electron chi connectivity index (χ0n) is 9.54.